The van der Waals surface area contributed by atoms with Crippen LogP contribution in [0.4, 0.5) is 0 Å². The molecule has 2 rings (SSSR count). The van der Waals surface area contributed by atoms with Crippen LogP contribution in [-0.2, 0) is 0 Å². The highest BCUT2D eigenvalue weighted by molar-refractivity contribution is 6.50. The van der Waals surface area contributed by atoms with Crippen LogP contribution in [0.5, 0.6) is 0 Å². The zero-order valence-corrected chi connectivity index (χ0v) is 10.8. The third-order valence-electron chi connectivity index (χ3n) is 2.58. The smallest absolute Gasteiger partial charge is 0.189 e. The van der Waals surface area contributed by atoms with Crippen molar-refractivity contribution in [2.45, 2.75) is 0 Å². The first-order chi connectivity index (χ1) is 9.08. The lowest BCUT2D eigenvalue weighted by molar-refractivity contribution is 0.171. The second-order valence-electron chi connectivity index (χ2n) is 4.20. The van der Waals surface area contributed by atoms with E-state index in [1.54, 1.807) is 30.4 Å². The monoisotopic (exact) mass is 257 g/mol. The van der Waals surface area contributed by atoms with E-state index in [0.29, 0.717) is 11.2 Å². The molecule has 1 aliphatic carbocycles. The molecule has 0 bridgehead atoms. The van der Waals surface area contributed by atoms with E-state index in [-0.39, 0.29) is 5.71 Å². The van der Waals surface area contributed by atoms with Crippen molar-refractivity contribution in [3.8, 4) is 0 Å². The first kappa shape index (κ1) is 12.8. The Kier molecular flexibility index (Phi) is 3.61. The van der Waals surface area contributed by atoms with Gasteiger partial charge < -0.3 is 10.1 Å². The maximum atomic E-state index is 9.48. The minimum Gasteiger partial charge on any atom is -0.427 e. The van der Waals surface area contributed by atoms with Crippen molar-refractivity contribution in [2.75, 3.05) is 14.1 Å². The second-order valence-corrected chi connectivity index (χ2v) is 4.20. The molecular weight excluding hydrogens is 242 g/mol. The van der Waals surface area contributed by atoms with E-state index >= 15 is 0 Å². The second kappa shape index (κ2) is 5.34. The Morgan fingerprint density at radius 3 is 2.63 bits per heavy atom. The Balaban J connectivity index is 2.29. The number of allylic oxidation sites excluding steroid dienone is 3. The number of rotatable bonds is 2. The van der Waals surface area contributed by atoms with Crippen molar-refractivity contribution in [2.24, 2.45) is 10.2 Å². The average Bonchev–Trinajstić information content (AvgIpc) is 2.39. The normalized spacial score (nSPS) is 17.8. The molecule has 1 aliphatic rings. The summed E-state index contributed by atoms with van der Waals surface area (Å²) in [4.78, 5) is 1.91. The van der Waals surface area contributed by atoms with Crippen LogP contribution in [0.2, 0.25) is 0 Å². The van der Waals surface area contributed by atoms with Crippen LogP contribution in [-0.4, -0.2) is 40.4 Å². The molecule has 6 heteroatoms. The maximum absolute atomic E-state index is 9.48. The highest BCUT2D eigenvalue weighted by atomic mass is 16.5. The van der Waals surface area contributed by atoms with Gasteiger partial charge >= 0.3 is 0 Å². The summed E-state index contributed by atoms with van der Waals surface area (Å²) in [5, 5.41) is 25.3. The molecule has 0 aromatic carbocycles. The quantitative estimate of drug-likeness (QED) is 0.471. The molecule has 0 saturated carbocycles. The van der Waals surface area contributed by atoms with Gasteiger partial charge in [0.05, 0.1) is 5.71 Å². The number of hydrogen-bond donors (Lipinski definition) is 2. The van der Waals surface area contributed by atoms with Gasteiger partial charge in [0.1, 0.15) is 5.71 Å². The van der Waals surface area contributed by atoms with E-state index in [0.717, 1.165) is 10.4 Å². The average molecular weight is 257 g/mol. The van der Waals surface area contributed by atoms with Crippen molar-refractivity contribution in [1.29, 1.82) is 5.41 Å². The number of nitrogens with one attached hydrogen (secondary N) is 1. The Bertz CT molecular complexity index is 649. The van der Waals surface area contributed by atoms with Crippen molar-refractivity contribution in [3.05, 3.63) is 53.8 Å². The number of pyridine rings is 1. The third-order valence-corrected chi connectivity index (χ3v) is 2.58. The van der Waals surface area contributed by atoms with Gasteiger partial charge in [-0.05, 0) is 30.4 Å². The lowest BCUT2D eigenvalue weighted by Gasteiger charge is -2.16. The third kappa shape index (κ3) is 2.98. The molecule has 1 aromatic rings. The molecule has 0 spiro atoms. The fourth-order valence-electron chi connectivity index (χ4n) is 1.50. The molecule has 0 radical (unpaired) electrons. The van der Waals surface area contributed by atoms with Crippen molar-refractivity contribution in [3.63, 3.8) is 0 Å². The summed E-state index contributed by atoms with van der Waals surface area (Å²) in [6.45, 7) is 0. The van der Waals surface area contributed by atoms with Crippen LogP contribution in [0.15, 0.2) is 58.5 Å². The maximum Gasteiger partial charge on any atom is 0.189 e. The topological polar surface area (TPSA) is 77.0 Å². The Morgan fingerprint density at radius 2 is 2.00 bits per heavy atom. The van der Waals surface area contributed by atoms with Gasteiger partial charge in [-0.2, -0.15) is 4.73 Å². The van der Waals surface area contributed by atoms with Gasteiger partial charge in [-0.15, -0.1) is 10.2 Å². The molecule has 0 aliphatic heterocycles. The number of nitrogens with zero attached hydrogens (tertiary/aromatic N) is 4. The van der Waals surface area contributed by atoms with E-state index < -0.39 is 0 Å². The van der Waals surface area contributed by atoms with E-state index in [4.69, 9.17) is 5.41 Å². The first-order valence-corrected chi connectivity index (χ1v) is 5.72. The summed E-state index contributed by atoms with van der Waals surface area (Å²) in [6.07, 6.45) is 6.77. The molecule has 0 amide bonds. The SMILES string of the molecule is CN(C)C1=CC(=N)C(=N/N=c2\ccccn2O)C=C1. The minimum atomic E-state index is 0.287. The molecule has 0 fully saturated rings. The lowest BCUT2D eigenvalue weighted by Crippen LogP contribution is -2.20. The van der Waals surface area contributed by atoms with Crippen LogP contribution in [0.25, 0.3) is 0 Å². The number of likely N-dealkylation sites (N-methyl/N-ethyl adjacent to an activating group) is 1. The fourth-order valence-corrected chi connectivity index (χ4v) is 1.50. The lowest BCUT2D eigenvalue weighted by atomic mass is 10.1. The van der Waals surface area contributed by atoms with Crippen LogP contribution >= 0.6 is 0 Å². The summed E-state index contributed by atoms with van der Waals surface area (Å²) >= 11 is 0. The zero-order valence-electron chi connectivity index (χ0n) is 10.8. The van der Waals surface area contributed by atoms with Gasteiger partial charge in [-0.3, -0.25) is 5.41 Å². The summed E-state index contributed by atoms with van der Waals surface area (Å²) in [5.74, 6) is 0. The van der Waals surface area contributed by atoms with Gasteiger partial charge in [0, 0.05) is 26.0 Å². The van der Waals surface area contributed by atoms with Crippen LogP contribution in [0.3, 0.4) is 0 Å². The van der Waals surface area contributed by atoms with Gasteiger partial charge in [-0.1, -0.05) is 6.07 Å². The van der Waals surface area contributed by atoms with E-state index in [9.17, 15) is 5.21 Å². The summed E-state index contributed by atoms with van der Waals surface area (Å²) in [5.41, 5.74) is 1.98. The largest absolute Gasteiger partial charge is 0.427 e. The van der Waals surface area contributed by atoms with Gasteiger partial charge in [-0.25, -0.2) is 0 Å². The molecule has 98 valence electrons. The van der Waals surface area contributed by atoms with E-state index in [1.807, 2.05) is 25.1 Å². The standard InChI is InChI=1S/C13H15N5O/c1-17(2)10-6-7-12(11(14)9-10)15-16-13-5-3-4-8-18(13)19/h3-9,14,19H,1-2H3/b14-11?,15-12?,16-13+. The van der Waals surface area contributed by atoms with Crippen LogP contribution < -0.4 is 5.49 Å². The molecule has 1 aromatic heterocycles. The van der Waals surface area contributed by atoms with Gasteiger partial charge in [0.15, 0.2) is 5.49 Å². The highest BCUT2D eigenvalue weighted by Gasteiger charge is 2.09. The Labute approximate surface area is 110 Å². The van der Waals surface area contributed by atoms with Gasteiger partial charge in [0.2, 0.25) is 0 Å². The summed E-state index contributed by atoms with van der Waals surface area (Å²) in [6, 6.07) is 5.06. The number of hydrogen-bond acceptors (Lipinski definition) is 5. The Morgan fingerprint density at radius 1 is 1.21 bits per heavy atom. The molecule has 19 heavy (non-hydrogen) atoms. The predicted octanol–water partition coefficient (Wildman–Crippen LogP) is 1.02. The predicted molar refractivity (Wildman–Crippen MR) is 73.3 cm³/mol. The summed E-state index contributed by atoms with van der Waals surface area (Å²) < 4.78 is 0.876. The first-order valence-electron chi connectivity index (χ1n) is 5.72. The Hall–Kier alpha value is -2.63. The molecule has 0 atom stereocenters. The van der Waals surface area contributed by atoms with E-state index in [1.165, 1.54) is 6.20 Å². The van der Waals surface area contributed by atoms with Gasteiger partial charge in [0.25, 0.3) is 0 Å². The van der Waals surface area contributed by atoms with Crippen LogP contribution in [0.1, 0.15) is 0 Å². The fraction of sp³-hybridized carbons (Fsp3) is 0.154. The van der Waals surface area contributed by atoms with Crippen molar-refractivity contribution in [1.82, 2.24) is 9.63 Å². The zero-order chi connectivity index (χ0) is 13.8. The van der Waals surface area contributed by atoms with E-state index in [2.05, 4.69) is 10.2 Å². The molecule has 1 heterocycles. The highest BCUT2D eigenvalue weighted by Crippen LogP contribution is 2.08. The van der Waals surface area contributed by atoms with Crippen molar-refractivity contribution >= 4 is 11.4 Å². The molecule has 0 unspecified atom stereocenters. The molecule has 6 nitrogen and oxygen atoms in total. The molecule has 0 saturated heterocycles. The van der Waals surface area contributed by atoms with Crippen molar-refractivity contribution < 1.29 is 5.21 Å². The van der Waals surface area contributed by atoms with Crippen LogP contribution in [0, 0.1) is 5.41 Å². The summed E-state index contributed by atoms with van der Waals surface area (Å²) in [7, 11) is 3.82. The number of aromatic nitrogens is 1. The molecule has 2 N–H and O–H groups in total. The molecular formula is C13H15N5O. The minimum absolute atomic E-state index is 0.287.